The minimum absolute atomic E-state index is 0.0366. The van der Waals surface area contributed by atoms with Gasteiger partial charge in [0.15, 0.2) is 0 Å². The molecular formula is C21H23N3O5. The van der Waals surface area contributed by atoms with Crippen molar-refractivity contribution in [2.24, 2.45) is 5.16 Å². The number of aromatic nitrogens is 1. The van der Waals surface area contributed by atoms with Gasteiger partial charge in [-0.05, 0) is 37.1 Å². The zero-order chi connectivity index (χ0) is 21.0. The minimum Gasteiger partial charge on any atom is -0.380 e. The van der Waals surface area contributed by atoms with Gasteiger partial charge in [0.1, 0.15) is 0 Å². The molecule has 0 N–H and O–H groups in total. The lowest BCUT2D eigenvalue weighted by Gasteiger charge is -2.08. The third-order valence-corrected chi connectivity index (χ3v) is 4.60. The summed E-state index contributed by atoms with van der Waals surface area (Å²) in [5.74, 6) is -0.496. The highest BCUT2D eigenvalue weighted by Gasteiger charge is 2.16. The largest absolute Gasteiger partial charge is 0.380 e. The van der Waals surface area contributed by atoms with Gasteiger partial charge >= 0.3 is 5.97 Å². The standard InChI is InChI=1S/C21H23N3O5/c1-4-10-28-11-9-23-20-7-5-16(14(2)22-29-15(3)25)12-18(20)19-13-17(24(26)27)6-8-21(19)23/h5-8,12-13H,4,9-11H2,1-3H3/b22-14+. The average molecular weight is 397 g/mol. The van der Waals surface area contributed by atoms with Crippen LogP contribution in [-0.4, -0.2) is 34.4 Å². The van der Waals surface area contributed by atoms with Gasteiger partial charge in [0.2, 0.25) is 0 Å². The fourth-order valence-electron chi connectivity index (χ4n) is 3.26. The van der Waals surface area contributed by atoms with Crippen molar-refractivity contribution in [3.63, 3.8) is 0 Å². The van der Waals surface area contributed by atoms with E-state index in [-0.39, 0.29) is 5.69 Å². The van der Waals surface area contributed by atoms with E-state index in [4.69, 9.17) is 9.57 Å². The van der Waals surface area contributed by atoms with Crippen LogP contribution in [-0.2, 0) is 20.9 Å². The maximum Gasteiger partial charge on any atom is 0.331 e. The molecule has 1 aromatic heterocycles. The molecule has 0 saturated heterocycles. The lowest BCUT2D eigenvalue weighted by Crippen LogP contribution is -2.06. The van der Waals surface area contributed by atoms with Crippen LogP contribution >= 0.6 is 0 Å². The number of oxime groups is 1. The summed E-state index contributed by atoms with van der Waals surface area (Å²) in [5, 5.41) is 16.8. The Labute approximate surface area is 167 Å². The van der Waals surface area contributed by atoms with E-state index in [1.165, 1.54) is 13.0 Å². The van der Waals surface area contributed by atoms with Crippen LogP contribution in [0.3, 0.4) is 0 Å². The molecule has 0 radical (unpaired) electrons. The number of hydrogen-bond acceptors (Lipinski definition) is 6. The van der Waals surface area contributed by atoms with Gasteiger partial charge in [0, 0.05) is 54.0 Å². The summed E-state index contributed by atoms with van der Waals surface area (Å²) < 4.78 is 7.74. The van der Waals surface area contributed by atoms with Gasteiger partial charge < -0.3 is 14.1 Å². The number of rotatable bonds is 8. The Morgan fingerprint density at radius 2 is 1.79 bits per heavy atom. The number of fused-ring (bicyclic) bond motifs is 3. The molecule has 8 heteroatoms. The maximum atomic E-state index is 11.3. The van der Waals surface area contributed by atoms with Gasteiger partial charge in [-0.15, -0.1) is 0 Å². The molecule has 3 aromatic rings. The van der Waals surface area contributed by atoms with Crippen molar-refractivity contribution in [2.75, 3.05) is 13.2 Å². The summed E-state index contributed by atoms with van der Waals surface area (Å²) in [6, 6.07) is 10.6. The second-order valence-corrected chi connectivity index (χ2v) is 6.71. The van der Waals surface area contributed by atoms with Crippen LogP contribution in [0.2, 0.25) is 0 Å². The number of nitro benzene ring substituents is 1. The quantitative estimate of drug-likeness (QED) is 0.184. The smallest absolute Gasteiger partial charge is 0.331 e. The molecule has 8 nitrogen and oxygen atoms in total. The van der Waals surface area contributed by atoms with Crippen molar-refractivity contribution in [3.05, 3.63) is 52.1 Å². The zero-order valence-electron chi connectivity index (χ0n) is 16.7. The lowest BCUT2D eigenvalue weighted by atomic mass is 10.1. The maximum absolute atomic E-state index is 11.3. The van der Waals surface area contributed by atoms with Crippen LogP contribution < -0.4 is 0 Å². The van der Waals surface area contributed by atoms with Crippen LogP contribution in [0.5, 0.6) is 0 Å². The Hall–Kier alpha value is -3.26. The highest BCUT2D eigenvalue weighted by Crippen LogP contribution is 2.32. The molecule has 0 amide bonds. The molecule has 0 unspecified atom stereocenters. The van der Waals surface area contributed by atoms with Gasteiger partial charge in [0.25, 0.3) is 5.69 Å². The van der Waals surface area contributed by atoms with Crippen molar-refractivity contribution < 1.29 is 19.3 Å². The molecule has 0 bridgehead atoms. The number of nitro groups is 1. The number of carbonyl (C=O) groups excluding carboxylic acids is 1. The molecule has 3 rings (SSSR count). The molecule has 0 aliphatic carbocycles. The van der Waals surface area contributed by atoms with Gasteiger partial charge in [0.05, 0.1) is 17.2 Å². The van der Waals surface area contributed by atoms with E-state index in [9.17, 15) is 14.9 Å². The van der Waals surface area contributed by atoms with E-state index >= 15 is 0 Å². The number of hydrogen-bond donors (Lipinski definition) is 0. The summed E-state index contributed by atoms with van der Waals surface area (Å²) >= 11 is 0. The van der Waals surface area contributed by atoms with Crippen LogP contribution in [0.25, 0.3) is 21.8 Å². The first-order valence-corrected chi connectivity index (χ1v) is 9.43. The summed E-state index contributed by atoms with van der Waals surface area (Å²) in [6.45, 7) is 6.97. The average Bonchev–Trinajstić information content (AvgIpc) is 3.01. The van der Waals surface area contributed by atoms with Crippen LogP contribution in [0.1, 0.15) is 32.8 Å². The highest BCUT2D eigenvalue weighted by atomic mass is 16.7. The van der Waals surface area contributed by atoms with E-state index < -0.39 is 10.9 Å². The van der Waals surface area contributed by atoms with Crippen molar-refractivity contribution in [1.82, 2.24) is 4.57 Å². The zero-order valence-corrected chi connectivity index (χ0v) is 16.7. The number of benzene rings is 2. The highest BCUT2D eigenvalue weighted by molar-refractivity contribution is 6.12. The lowest BCUT2D eigenvalue weighted by molar-refractivity contribution is -0.384. The van der Waals surface area contributed by atoms with Crippen LogP contribution in [0.15, 0.2) is 41.6 Å². The number of nitrogens with zero attached hydrogens (tertiary/aromatic N) is 3. The third kappa shape index (κ3) is 4.43. The monoisotopic (exact) mass is 397 g/mol. The van der Waals surface area contributed by atoms with Crippen molar-refractivity contribution in [2.45, 2.75) is 33.7 Å². The van der Waals surface area contributed by atoms with Crippen molar-refractivity contribution in [1.29, 1.82) is 0 Å². The molecule has 0 saturated carbocycles. The molecule has 0 fully saturated rings. The summed E-state index contributed by atoms with van der Waals surface area (Å²) in [5.41, 5.74) is 3.20. The van der Waals surface area contributed by atoms with Gasteiger partial charge in [-0.1, -0.05) is 18.1 Å². The topological polar surface area (TPSA) is 96.0 Å². The molecule has 1 heterocycles. The first-order chi connectivity index (χ1) is 13.9. The minimum atomic E-state index is -0.496. The van der Waals surface area contributed by atoms with Gasteiger partial charge in [-0.3, -0.25) is 10.1 Å². The molecule has 29 heavy (non-hydrogen) atoms. The van der Waals surface area contributed by atoms with Gasteiger partial charge in [-0.25, -0.2) is 4.79 Å². The summed E-state index contributed by atoms with van der Waals surface area (Å²) in [4.78, 5) is 26.6. The van der Waals surface area contributed by atoms with E-state index in [0.29, 0.717) is 25.5 Å². The Morgan fingerprint density at radius 3 is 2.45 bits per heavy atom. The Morgan fingerprint density at radius 1 is 1.10 bits per heavy atom. The fraction of sp³-hybridized carbons (Fsp3) is 0.333. The Bertz CT molecular complexity index is 1100. The third-order valence-electron chi connectivity index (χ3n) is 4.60. The predicted octanol–water partition coefficient (Wildman–Crippen LogP) is 4.42. The Kier molecular flexibility index (Phi) is 6.23. The number of non-ortho nitro benzene ring substituents is 1. The number of ether oxygens (including phenoxy) is 1. The summed E-state index contributed by atoms with van der Waals surface area (Å²) in [7, 11) is 0. The summed E-state index contributed by atoms with van der Waals surface area (Å²) in [6.07, 6.45) is 0.948. The van der Waals surface area contributed by atoms with E-state index in [1.807, 2.05) is 18.2 Å². The normalized spacial score (nSPS) is 11.9. The second kappa shape index (κ2) is 8.83. The molecule has 0 atom stereocenters. The molecule has 0 aliphatic heterocycles. The molecule has 152 valence electrons. The van der Waals surface area contributed by atoms with Gasteiger partial charge in [-0.2, -0.15) is 0 Å². The molecule has 0 aliphatic rings. The predicted molar refractivity (Wildman–Crippen MR) is 111 cm³/mol. The van der Waals surface area contributed by atoms with Crippen LogP contribution in [0.4, 0.5) is 5.69 Å². The second-order valence-electron chi connectivity index (χ2n) is 6.71. The van der Waals surface area contributed by atoms with E-state index in [0.717, 1.165) is 33.8 Å². The van der Waals surface area contributed by atoms with Crippen molar-refractivity contribution in [3.8, 4) is 0 Å². The van der Waals surface area contributed by atoms with E-state index in [2.05, 4.69) is 16.6 Å². The van der Waals surface area contributed by atoms with E-state index in [1.54, 1.807) is 19.1 Å². The van der Waals surface area contributed by atoms with Crippen LogP contribution in [0, 0.1) is 10.1 Å². The molecule has 2 aromatic carbocycles. The number of carbonyl (C=O) groups is 1. The van der Waals surface area contributed by atoms with Crippen molar-refractivity contribution >= 4 is 39.2 Å². The molecular weight excluding hydrogens is 374 g/mol. The fourth-order valence-corrected chi connectivity index (χ4v) is 3.26. The first kappa shape index (κ1) is 20.5. The molecule has 0 spiro atoms. The SMILES string of the molecule is CCCOCCn1c2ccc(/C(C)=N/OC(C)=O)cc2c2cc([N+](=O)[O-])ccc21. The Balaban J connectivity index is 2.12. The first-order valence-electron chi connectivity index (χ1n) is 9.43.